The molecule has 0 amide bonds. The minimum atomic E-state index is -0.286. The third kappa shape index (κ3) is 7.50. The number of hydrogen-bond acceptors (Lipinski definition) is 6. The molecule has 11 rings (SSSR count). The lowest BCUT2D eigenvalue weighted by Crippen LogP contribution is -2.24. The number of nitrogens with zero attached hydrogens (tertiary/aromatic N) is 4. The van der Waals surface area contributed by atoms with Gasteiger partial charge in [-0.15, -0.1) is 0 Å². The van der Waals surface area contributed by atoms with E-state index in [4.69, 9.17) is 9.97 Å². The van der Waals surface area contributed by atoms with Crippen molar-refractivity contribution in [2.24, 2.45) is 0 Å². The maximum atomic E-state index is 14.0. The van der Waals surface area contributed by atoms with Gasteiger partial charge in [0.2, 0.25) is 0 Å². The van der Waals surface area contributed by atoms with Gasteiger partial charge in [-0.3, -0.25) is 19.4 Å². The van der Waals surface area contributed by atoms with Crippen LogP contribution in [-0.4, -0.2) is 21.5 Å². The van der Waals surface area contributed by atoms with Gasteiger partial charge in [0.05, 0.1) is 28.0 Å². The molecular weight excluding hydrogens is 833 g/mol. The summed E-state index contributed by atoms with van der Waals surface area (Å²) in [5.74, 6) is 1.70. The third-order valence-electron chi connectivity index (χ3n) is 13.1. The van der Waals surface area contributed by atoms with Crippen LogP contribution >= 0.6 is 0 Å². The topological polar surface area (TPSA) is 66.4 Å². The van der Waals surface area contributed by atoms with Crippen molar-refractivity contribution in [1.29, 1.82) is 0 Å². The summed E-state index contributed by atoms with van der Waals surface area (Å²) < 4.78 is 0. The smallest absolute Gasteiger partial charge is 0.197 e. The van der Waals surface area contributed by atoms with E-state index in [1.165, 1.54) is 0 Å². The molecule has 328 valence electrons. The van der Waals surface area contributed by atoms with E-state index in [9.17, 15) is 9.59 Å². The quantitative estimate of drug-likeness (QED) is 0.106. The van der Waals surface area contributed by atoms with Crippen LogP contribution in [0.4, 0.5) is 23.0 Å². The van der Waals surface area contributed by atoms with E-state index in [-0.39, 0.29) is 29.0 Å². The summed E-state index contributed by atoms with van der Waals surface area (Å²) in [4.78, 5) is 43.4. The van der Waals surface area contributed by atoms with Crippen molar-refractivity contribution < 1.29 is 9.59 Å². The van der Waals surface area contributed by atoms with Gasteiger partial charge in [0, 0.05) is 11.1 Å². The van der Waals surface area contributed by atoms with Crippen molar-refractivity contribution in [2.45, 2.75) is 39.5 Å². The Balaban J connectivity index is 1.18. The molecule has 0 spiro atoms. The highest BCUT2D eigenvalue weighted by Crippen LogP contribution is 2.53. The zero-order valence-corrected chi connectivity index (χ0v) is 38.4. The molecule has 0 atom stereocenters. The number of rotatable bonds is 9. The molecule has 0 radical (unpaired) electrons. The Kier molecular flexibility index (Phi) is 10.8. The normalized spacial score (nSPS) is 13.9. The monoisotopic (exact) mass is 880 g/mol. The molecule has 68 heavy (non-hydrogen) atoms. The van der Waals surface area contributed by atoms with Crippen molar-refractivity contribution in [3.8, 4) is 44.5 Å². The number of anilines is 4. The van der Waals surface area contributed by atoms with Gasteiger partial charge < -0.3 is 0 Å². The highest BCUT2D eigenvalue weighted by molar-refractivity contribution is 6.39. The molecule has 1 aliphatic carbocycles. The average molecular weight is 881 g/mol. The van der Waals surface area contributed by atoms with E-state index in [0.717, 1.165) is 78.0 Å². The van der Waals surface area contributed by atoms with Gasteiger partial charge in [-0.05, 0) is 110 Å². The van der Waals surface area contributed by atoms with Crippen LogP contribution in [-0.2, 0) is 0 Å². The molecule has 0 fully saturated rings. The van der Waals surface area contributed by atoms with Gasteiger partial charge in [0.25, 0.3) is 0 Å². The van der Waals surface area contributed by atoms with Crippen LogP contribution in [0.2, 0.25) is 0 Å². The molecule has 0 N–H and O–H groups in total. The lowest BCUT2D eigenvalue weighted by atomic mass is 9.92. The van der Waals surface area contributed by atoms with Crippen LogP contribution < -0.4 is 9.80 Å². The minimum Gasteiger partial charge on any atom is -0.288 e. The molecule has 2 aliphatic rings. The van der Waals surface area contributed by atoms with Gasteiger partial charge in [-0.25, -0.2) is 9.97 Å². The summed E-state index contributed by atoms with van der Waals surface area (Å²) >= 11 is 0. The number of carbonyl (C=O) groups is 2. The van der Waals surface area contributed by atoms with Gasteiger partial charge in [-0.2, -0.15) is 0 Å². The van der Waals surface area contributed by atoms with Gasteiger partial charge in [0.15, 0.2) is 23.2 Å². The molecule has 1 aliphatic heterocycles. The van der Waals surface area contributed by atoms with E-state index in [1.54, 1.807) is 30.3 Å². The number of fused-ring (bicyclic) bond motifs is 3. The van der Waals surface area contributed by atoms with Crippen molar-refractivity contribution in [3.63, 3.8) is 0 Å². The summed E-state index contributed by atoms with van der Waals surface area (Å²) in [7, 11) is 0. The Labute approximate surface area is 397 Å². The predicted molar refractivity (Wildman–Crippen MR) is 278 cm³/mol. The number of para-hydroxylation sites is 3. The first-order valence-corrected chi connectivity index (χ1v) is 23.3. The molecule has 6 nitrogen and oxygen atoms in total. The predicted octanol–water partition coefficient (Wildman–Crippen LogP) is 15.7. The van der Waals surface area contributed by atoms with Crippen LogP contribution in [0, 0.1) is 0 Å². The second-order valence-corrected chi connectivity index (χ2v) is 18.1. The van der Waals surface area contributed by atoms with Crippen LogP contribution in [0.5, 0.6) is 0 Å². The fourth-order valence-electron chi connectivity index (χ4n) is 9.62. The first-order valence-electron chi connectivity index (χ1n) is 23.3. The fourth-order valence-corrected chi connectivity index (χ4v) is 9.62. The lowest BCUT2D eigenvalue weighted by Gasteiger charge is -2.30. The molecule has 1 aromatic heterocycles. The fraction of sp³-hybridized carbons (Fsp3) is 0.0968. The van der Waals surface area contributed by atoms with Crippen LogP contribution in [0.1, 0.15) is 71.4 Å². The summed E-state index contributed by atoms with van der Waals surface area (Å²) in [6, 6.07) is 66.5. The number of allylic oxidation sites excluding steroid dienone is 3. The summed E-state index contributed by atoms with van der Waals surface area (Å²) in [5.41, 5.74) is 15.3. The van der Waals surface area contributed by atoms with E-state index in [1.807, 2.05) is 42.5 Å². The van der Waals surface area contributed by atoms with E-state index in [0.29, 0.717) is 28.6 Å². The van der Waals surface area contributed by atoms with Gasteiger partial charge in [-0.1, -0.05) is 191 Å². The van der Waals surface area contributed by atoms with Gasteiger partial charge in [0.1, 0.15) is 5.82 Å². The van der Waals surface area contributed by atoms with E-state index in [2.05, 4.69) is 171 Å². The van der Waals surface area contributed by atoms with E-state index < -0.39 is 0 Å². The molecule has 8 aromatic carbocycles. The Morgan fingerprint density at radius 2 is 0.794 bits per heavy atom. The highest BCUT2D eigenvalue weighted by atomic mass is 16.2. The number of benzene rings is 8. The molecule has 2 heterocycles. The molecule has 0 unspecified atom stereocenters. The number of ketones is 2. The van der Waals surface area contributed by atoms with Gasteiger partial charge >= 0.3 is 0 Å². The lowest BCUT2D eigenvalue weighted by molar-refractivity contribution is 0.0988. The molecule has 6 heteroatoms. The Bertz CT molecular complexity index is 3320. The number of aromatic nitrogens is 2. The Morgan fingerprint density at radius 3 is 1.25 bits per heavy atom. The minimum absolute atomic E-state index is 0.119. The standard InChI is InChI=1S/C62H48N4O2/c1-39(2)50-22-15-23-51(40(3)4)58(50)66-57(35-34-54-59(67)52-20-11-12-21-53(52)60(54)68)65(61-62(66)64-56-25-14-13-24-55(56)63-61)49-37-47(45-30-26-43(27-31-45)41-16-7-5-8-17-41)36-48(38-49)46-32-28-44(29-33-46)42-18-9-6-10-19-42/h5-40H,1-4H3/b57-35-. The molecular formula is C62H48N4O2. The summed E-state index contributed by atoms with van der Waals surface area (Å²) in [6.45, 7) is 8.85. The summed E-state index contributed by atoms with van der Waals surface area (Å²) in [5, 5.41) is 0. The molecule has 0 bridgehead atoms. The number of carbonyl (C=O) groups excluding carboxylic acids is 2. The largest absolute Gasteiger partial charge is 0.288 e. The Hall–Kier alpha value is -8.48. The average Bonchev–Trinajstić information content (AvgIpc) is 3.82. The zero-order chi connectivity index (χ0) is 46.5. The van der Waals surface area contributed by atoms with Crippen molar-refractivity contribution in [2.75, 3.05) is 9.80 Å². The third-order valence-corrected chi connectivity index (χ3v) is 13.1. The van der Waals surface area contributed by atoms with Crippen LogP contribution in [0.3, 0.4) is 0 Å². The van der Waals surface area contributed by atoms with Crippen molar-refractivity contribution in [1.82, 2.24) is 9.97 Å². The Morgan fingerprint density at radius 1 is 0.397 bits per heavy atom. The highest BCUT2D eigenvalue weighted by Gasteiger charge is 2.40. The van der Waals surface area contributed by atoms with Crippen LogP contribution in [0.25, 0.3) is 55.5 Å². The molecule has 0 saturated carbocycles. The van der Waals surface area contributed by atoms with Crippen LogP contribution in [0.15, 0.2) is 218 Å². The maximum Gasteiger partial charge on any atom is 0.197 e. The first-order chi connectivity index (χ1) is 33.2. The number of Topliss-reactive ketones (excluding diaryl/α,β-unsaturated/α-hetero) is 2. The SMILES string of the molecule is CC(C)c1cccc(C(C)C)c1N1/C(=C\C=C2C(=O)c3ccccc3C2=O)N(c2cc(-c3ccc(-c4ccccc4)cc3)cc(-c3ccc(-c4ccccc4)cc3)c2)c2nc3ccccc3nc21. The summed E-state index contributed by atoms with van der Waals surface area (Å²) in [6.07, 6.45) is 3.62. The first kappa shape index (κ1) is 42.2. The second kappa shape index (κ2) is 17.4. The molecule has 9 aromatic rings. The van der Waals surface area contributed by atoms with Crippen molar-refractivity contribution in [3.05, 3.63) is 240 Å². The van der Waals surface area contributed by atoms with E-state index >= 15 is 0 Å². The molecule has 0 saturated heterocycles. The second-order valence-electron chi connectivity index (χ2n) is 18.1. The maximum absolute atomic E-state index is 14.0. The number of hydrogen-bond donors (Lipinski definition) is 0. The van der Waals surface area contributed by atoms with Crippen molar-refractivity contribution >= 4 is 45.6 Å². The zero-order valence-electron chi connectivity index (χ0n) is 38.4.